The third kappa shape index (κ3) is 3.29. The summed E-state index contributed by atoms with van der Waals surface area (Å²) in [6, 6.07) is 7.52. The summed E-state index contributed by atoms with van der Waals surface area (Å²) in [5.74, 6) is 0.650. The molecular formula is C15H19N3O3. The van der Waals surface area contributed by atoms with Gasteiger partial charge in [0.2, 0.25) is 0 Å². The lowest BCUT2D eigenvalue weighted by molar-refractivity contribution is -0.111. The topological polar surface area (TPSA) is 94.4 Å². The van der Waals surface area contributed by atoms with Gasteiger partial charge in [0.1, 0.15) is 5.69 Å². The van der Waals surface area contributed by atoms with E-state index in [1.54, 1.807) is 6.20 Å². The van der Waals surface area contributed by atoms with Crippen LogP contribution in [0.25, 0.3) is 11.5 Å². The van der Waals surface area contributed by atoms with E-state index >= 15 is 0 Å². The van der Waals surface area contributed by atoms with E-state index in [4.69, 9.17) is 15.0 Å². The maximum Gasteiger partial charge on any atom is 0.185 e. The molecule has 0 saturated carbocycles. The number of nitrogens with zero attached hydrogens (tertiary/aromatic N) is 2. The summed E-state index contributed by atoms with van der Waals surface area (Å²) in [6.07, 6.45) is 3.14. The molecule has 1 saturated heterocycles. The normalized spacial score (nSPS) is 25.9. The molecule has 0 unspecified atom stereocenters. The van der Waals surface area contributed by atoms with Gasteiger partial charge >= 0.3 is 0 Å². The SMILES string of the molecule is NC[C@H]1O[C@H](Cc2cc(-c3ccccn3)on2)CC[C@@H]1O. The number of nitrogens with two attached hydrogens (primary N) is 1. The highest BCUT2D eigenvalue weighted by molar-refractivity contribution is 5.51. The molecule has 0 amide bonds. The fraction of sp³-hybridized carbons (Fsp3) is 0.467. The molecular weight excluding hydrogens is 270 g/mol. The molecule has 6 heteroatoms. The van der Waals surface area contributed by atoms with Crippen LogP contribution >= 0.6 is 0 Å². The predicted octanol–water partition coefficient (Wildman–Crippen LogP) is 1.15. The van der Waals surface area contributed by atoms with Crippen molar-refractivity contribution in [2.24, 2.45) is 5.73 Å². The summed E-state index contributed by atoms with van der Waals surface area (Å²) in [4.78, 5) is 4.23. The van der Waals surface area contributed by atoms with Crippen LogP contribution in [0.2, 0.25) is 0 Å². The van der Waals surface area contributed by atoms with Gasteiger partial charge in [-0.25, -0.2) is 0 Å². The number of hydrogen-bond acceptors (Lipinski definition) is 6. The highest BCUT2D eigenvalue weighted by Crippen LogP contribution is 2.24. The Labute approximate surface area is 122 Å². The Bertz CT molecular complexity index is 573. The average molecular weight is 289 g/mol. The summed E-state index contributed by atoms with van der Waals surface area (Å²) in [5.41, 5.74) is 7.19. The van der Waals surface area contributed by atoms with Gasteiger partial charge in [0.15, 0.2) is 5.76 Å². The largest absolute Gasteiger partial charge is 0.390 e. The molecule has 3 N–H and O–H groups in total. The number of aliphatic hydroxyl groups excluding tert-OH is 1. The maximum absolute atomic E-state index is 9.76. The van der Waals surface area contributed by atoms with Crippen LogP contribution in [0.4, 0.5) is 0 Å². The minimum atomic E-state index is -0.465. The van der Waals surface area contributed by atoms with Crippen LogP contribution in [0.1, 0.15) is 18.5 Å². The predicted molar refractivity (Wildman–Crippen MR) is 76.4 cm³/mol. The third-order valence-electron chi connectivity index (χ3n) is 3.73. The molecule has 0 radical (unpaired) electrons. The molecule has 3 rings (SSSR count). The Kier molecular flexibility index (Phi) is 4.28. The van der Waals surface area contributed by atoms with Crippen molar-refractivity contribution >= 4 is 0 Å². The third-order valence-corrected chi connectivity index (χ3v) is 3.73. The second kappa shape index (κ2) is 6.34. The maximum atomic E-state index is 9.76. The van der Waals surface area contributed by atoms with E-state index in [1.165, 1.54) is 0 Å². The molecule has 1 aliphatic heterocycles. The Morgan fingerprint density at radius 3 is 3.00 bits per heavy atom. The molecule has 112 valence electrons. The van der Waals surface area contributed by atoms with E-state index in [-0.39, 0.29) is 12.2 Å². The van der Waals surface area contributed by atoms with E-state index in [0.717, 1.165) is 17.8 Å². The van der Waals surface area contributed by atoms with E-state index < -0.39 is 6.10 Å². The van der Waals surface area contributed by atoms with Crippen LogP contribution in [0, 0.1) is 0 Å². The van der Waals surface area contributed by atoms with Crippen molar-refractivity contribution in [1.82, 2.24) is 10.1 Å². The van der Waals surface area contributed by atoms with Crippen LogP contribution in [0.5, 0.6) is 0 Å². The molecule has 0 aromatic carbocycles. The lowest BCUT2D eigenvalue weighted by Crippen LogP contribution is -2.44. The molecule has 21 heavy (non-hydrogen) atoms. The van der Waals surface area contributed by atoms with Gasteiger partial charge < -0.3 is 20.1 Å². The quantitative estimate of drug-likeness (QED) is 0.876. The second-order valence-corrected chi connectivity index (χ2v) is 5.28. The van der Waals surface area contributed by atoms with Crippen molar-refractivity contribution in [3.05, 3.63) is 36.2 Å². The van der Waals surface area contributed by atoms with Gasteiger partial charge in [0.25, 0.3) is 0 Å². The fourth-order valence-corrected chi connectivity index (χ4v) is 2.58. The highest BCUT2D eigenvalue weighted by Gasteiger charge is 2.29. The van der Waals surface area contributed by atoms with Crippen molar-refractivity contribution < 1.29 is 14.4 Å². The minimum absolute atomic E-state index is 0.0173. The average Bonchev–Trinajstić information content (AvgIpc) is 2.98. The zero-order valence-electron chi connectivity index (χ0n) is 11.7. The Hall–Kier alpha value is -1.76. The van der Waals surface area contributed by atoms with Crippen molar-refractivity contribution in [1.29, 1.82) is 0 Å². The zero-order valence-corrected chi connectivity index (χ0v) is 11.7. The van der Waals surface area contributed by atoms with E-state index in [9.17, 15) is 5.11 Å². The molecule has 0 spiro atoms. The van der Waals surface area contributed by atoms with Crippen molar-refractivity contribution in [3.8, 4) is 11.5 Å². The number of ether oxygens (including phenoxy) is 1. The lowest BCUT2D eigenvalue weighted by Gasteiger charge is -2.32. The van der Waals surface area contributed by atoms with Gasteiger partial charge in [-0.3, -0.25) is 4.98 Å². The van der Waals surface area contributed by atoms with Gasteiger partial charge in [-0.2, -0.15) is 0 Å². The standard InChI is InChI=1S/C15H19N3O3/c16-9-15-13(19)5-4-11(20-15)7-10-8-14(21-18-10)12-3-1-2-6-17-12/h1-3,6,8,11,13,15,19H,4-5,7,9,16H2/t11-,13-,15+/m0/s1. The van der Waals surface area contributed by atoms with Crippen LogP contribution in [0.3, 0.4) is 0 Å². The molecule has 1 aliphatic rings. The summed E-state index contributed by atoms with van der Waals surface area (Å²) in [5, 5.41) is 13.8. The number of pyridine rings is 1. The summed E-state index contributed by atoms with van der Waals surface area (Å²) in [6.45, 7) is 0.329. The molecule has 2 aromatic rings. The molecule has 3 atom stereocenters. The number of aromatic nitrogens is 2. The van der Waals surface area contributed by atoms with Crippen molar-refractivity contribution in [2.45, 2.75) is 37.6 Å². The van der Waals surface area contributed by atoms with Crippen LogP contribution in [-0.4, -0.2) is 40.1 Å². The monoisotopic (exact) mass is 289 g/mol. The molecule has 1 fully saturated rings. The molecule has 2 aromatic heterocycles. The molecule has 6 nitrogen and oxygen atoms in total. The molecule has 0 bridgehead atoms. The van der Waals surface area contributed by atoms with Gasteiger partial charge in [0.05, 0.1) is 24.0 Å². The summed E-state index contributed by atoms with van der Waals surface area (Å²) >= 11 is 0. The van der Waals surface area contributed by atoms with Crippen molar-refractivity contribution in [3.63, 3.8) is 0 Å². The van der Waals surface area contributed by atoms with Crippen LogP contribution in [0.15, 0.2) is 35.0 Å². The van der Waals surface area contributed by atoms with Crippen molar-refractivity contribution in [2.75, 3.05) is 6.54 Å². The van der Waals surface area contributed by atoms with Gasteiger partial charge in [0, 0.05) is 25.2 Å². The Morgan fingerprint density at radius 1 is 1.33 bits per heavy atom. The Morgan fingerprint density at radius 2 is 2.24 bits per heavy atom. The number of rotatable bonds is 4. The number of hydrogen-bond donors (Lipinski definition) is 2. The summed E-state index contributed by atoms with van der Waals surface area (Å²) in [7, 11) is 0. The van der Waals surface area contributed by atoms with Gasteiger partial charge in [-0.1, -0.05) is 11.2 Å². The zero-order chi connectivity index (χ0) is 14.7. The smallest absolute Gasteiger partial charge is 0.185 e. The first-order chi connectivity index (χ1) is 10.3. The van der Waals surface area contributed by atoms with Gasteiger partial charge in [-0.15, -0.1) is 0 Å². The number of aliphatic hydroxyl groups is 1. The summed E-state index contributed by atoms with van der Waals surface area (Å²) < 4.78 is 11.1. The molecule has 3 heterocycles. The second-order valence-electron chi connectivity index (χ2n) is 5.28. The van der Waals surface area contributed by atoms with Gasteiger partial charge in [-0.05, 0) is 25.0 Å². The van der Waals surface area contributed by atoms with E-state index in [1.807, 2.05) is 24.3 Å². The first-order valence-corrected chi connectivity index (χ1v) is 7.17. The fourth-order valence-electron chi connectivity index (χ4n) is 2.58. The lowest BCUT2D eigenvalue weighted by atomic mass is 9.98. The first-order valence-electron chi connectivity index (χ1n) is 7.17. The van der Waals surface area contributed by atoms with Crippen LogP contribution < -0.4 is 5.73 Å². The first kappa shape index (κ1) is 14.2. The van der Waals surface area contributed by atoms with E-state index in [0.29, 0.717) is 25.1 Å². The van der Waals surface area contributed by atoms with E-state index in [2.05, 4.69) is 10.1 Å². The minimum Gasteiger partial charge on any atom is -0.390 e. The Balaban J connectivity index is 1.65. The highest BCUT2D eigenvalue weighted by atomic mass is 16.5. The van der Waals surface area contributed by atoms with Crippen LogP contribution in [-0.2, 0) is 11.2 Å². The molecule has 0 aliphatic carbocycles.